The maximum absolute atomic E-state index is 12.9. The predicted molar refractivity (Wildman–Crippen MR) is 104 cm³/mol. The highest BCUT2D eigenvalue weighted by atomic mass is 16.5. The molecule has 2 heterocycles. The Labute approximate surface area is 165 Å². The van der Waals surface area contributed by atoms with Crippen LogP contribution in [-0.2, 0) is 11.3 Å². The van der Waals surface area contributed by atoms with Crippen LogP contribution in [0.1, 0.15) is 36.8 Å². The number of carbonyl (C=O) groups excluding carboxylic acids is 2. The molecule has 1 aromatic heterocycles. The van der Waals surface area contributed by atoms with E-state index in [9.17, 15) is 9.59 Å². The summed E-state index contributed by atoms with van der Waals surface area (Å²) in [5, 5.41) is 8.08. The Morgan fingerprint density at radius 2 is 1.96 bits per heavy atom. The Bertz CT molecular complexity index is 831. The summed E-state index contributed by atoms with van der Waals surface area (Å²) in [7, 11) is 1.62. The summed E-state index contributed by atoms with van der Waals surface area (Å²) in [6.07, 6.45) is 1.63. The molecule has 150 valence electrons. The summed E-state index contributed by atoms with van der Waals surface area (Å²) in [5.74, 6) is 0.912. The van der Waals surface area contributed by atoms with E-state index >= 15 is 0 Å². The van der Waals surface area contributed by atoms with E-state index in [1.807, 2.05) is 29.2 Å². The molecule has 0 bridgehead atoms. The number of amides is 2. The molecule has 0 spiro atoms. The van der Waals surface area contributed by atoms with Crippen molar-refractivity contribution in [2.45, 2.75) is 33.4 Å². The third-order valence-corrected chi connectivity index (χ3v) is 4.86. The molecule has 1 atom stereocenters. The summed E-state index contributed by atoms with van der Waals surface area (Å²) in [5.41, 5.74) is 1.28. The first kappa shape index (κ1) is 19.9. The highest BCUT2D eigenvalue weighted by molar-refractivity contribution is 5.96. The van der Waals surface area contributed by atoms with Crippen LogP contribution in [0.2, 0.25) is 0 Å². The summed E-state index contributed by atoms with van der Waals surface area (Å²) < 4.78 is 6.78. The highest BCUT2D eigenvalue weighted by Crippen LogP contribution is 2.16. The van der Waals surface area contributed by atoms with Crippen molar-refractivity contribution in [3.8, 4) is 5.75 Å². The molecule has 0 aliphatic carbocycles. The van der Waals surface area contributed by atoms with Gasteiger partial charge in [0.2, 0.25) is 5.91 Å². The van der Waals surface area contributed by atoms with Gasteiger partial charge in [-0.05, 0) is 30.5 Å². The number of nitrogens with zero attached hydrogens (tertiary/aromatic N) is 5. The molecular weight excluding hydrogens is 358 g/mol. The second-order valence-corrected chi connectivity index (χ2v) is 7.50. The van der Waals surface area contributed by atoms with E-state index in [1.165, 1.54) is 0 Å². The molecule has 1 aliphatic heterocycles. The number of hydrogen-bond donors (Lipinski definition) is 0. The lowest BCUT2D eigenvalue weighted by molar-refractivity contribution is -0.140. The maximum Gasteiger partial charge on any atom is 0.276 e. The molecule has 3 rings (SSSR count). The van der Waals surface area contributed by atoms with Crippen LogP contribution in [0.5, 0.6) is 5.75 Å². The Hall–Kier alpha value is -2.90. The van der Waals surface area contributed by atoms with Crippen LogP contribution in [0.3, 0.4) is 0 Å². The van der Waals surface area contributed by atoms with Gasteiger partial charge in [0.05, 0.1) is 19.9 Å². The van der Waals surface area contributed by atoms with Gasteiger partial charge in [-0.25, -0.2) is 4.68 Å². The van der Waals surface area contributed by atoms with Crippen molar-refractivity contribution in [1.82, 2.24) is 24.8 Å². The van der Waals surface area contributed by atoms with E-state index in [1.54, 1.807) is 29.8 Å². The van der Waals surface area contributed by atoms with E-state index < -0.39 is 6.04 Å². The Morgan fingerprint density at radius 3 is 2.61 bits per heavy atom. The third-order valence-electron chi connectivity index (χ3n) is 4.86. The van der Waals surface area contributed by atoms with E-state index in [4.69, 9.17) is 4.74 Å². The van der Waals surface area contributed by atoms with Crippen LogP contribution < -0.4 is 4.74 Å². The van der Waals surface area contributed by atoms with E-state index in [0.717, 1.165) is 11.3 Å². The average Bonchev–Trinajstić information content (AvgIpc) is 3.14. The SMILES string of the molecule is COc1ccc(Cn2cc(C(=O)N3CCN(CC(C)C)C(=O)[C@@H]3C)nn2)cc1. The standard InChI is InChI=1S/C20H27N5O3/c1-14(2)11-23-9-10-25(15(3)19(23)26)20(27)18-13-24(22-21-18)12-16-5-7-17(28-4)8-6-16/h5-8,13-15H,9-12H2,1-4H3/t15-/m0/s1. The molecule has 8 nitrogen and oxygen atoms in total. The van der Waals surface area contributed by atoms with Crippen LogP contribution in [0.25, 0.3) is 0 Å². The normalized spacial score (nSPS) is 17.3. The van der Waals surface area contributed by atoms with Gasteiger partial charge in [-0.3, -0.25) is 9.59 Å². The number of carbonyl (C=O) groups is 2. The van der Waals surface area contributed by atoms with Gasteiger partial charge >= 0.3 is 0 Å². The average molecular weight is 385 g/mol. The van der Waals surface area contributed by atoms with Crippen molar-refractivity contribution in [1.29, 1.82) is 0 Å². The maximum atomic E-state index is 12.9. The predicted octanol–water partition coefficient (Wildman–Crippen LogP) is 1.66. The summed E-state index contributed by atoms with van der Waals surface area (Å²) in [6.45, 7) is 8.20. The fraction of sp³-hybridized carbons (Fsp3) is 0.500. The first-order valence-electron chi connectivity index (χ1n) is 9.52. The molecule has 0 unspecified atom stereocenters. The van der Waals surface area contributed by atoms with Crippen molar-refractivity contribution in [2.75, 3.05) is 26.7 Å². The van der Waals surface area contributed by atoms with Gasteiger partial charge in [-0.1, -0.05) is 31.2 Å². The number of ether oxygens (including phenoxy) is 1. The number of aromatic nitrogens is 3. The molecule has 1 aliphatic rings. The second-order valence-electron chi connectivity index (χ2n) is 7.50. The Kier molecular flexibility index (Phi) is 5.96. The molecule has 28 heavy (non-hydrogen) atoms. The quantitative estimate of drug-likeness (QED) is 0.756. The monoisotopic (exact) mass is 385 g/mol. The zero-order valence-electron chi connectivity index (χ0n) is 16.8. The topological polar surface area (TPSA) is 80.6 Å². The van der Waals surface area contributed by atoms with Gasteiger partial charge in [0, 0.05) is 19.6 Å². The number of benzene rings is 1. The fourth-order valence-electron chi connectivity index (χ4n) is 3.37. The minimum absolute atomic E-state index is 0.0149. The zero-order valence-corrected chi connectivity index (χ0v) is 16.8. The van der Waals surface area contributed by atoms with Crippen molar-refractivity contribution in [3.63, 3.8) is 0 Å². The van der Waals surface area contributed by atoms with Crippen LogP contribution in [0.4, 0.5) is 0 Å². The molecule has 2 amide bonds. The molecule has 1 aromatic carbocycles. The lowest BCUT2D eigenvalue weighted by atomic mass is 10.1. The van der Waals surface area contributed by atoms with Crippen molar-refractivity contribution in [2.24, 2.45) is 5.92 Å². The fourth-order valence-corrected chi connectivity index (χ4v) is 3.37. The number of methoxy groups -OCH3 is 1. The van der Waals surface area contributed by atoms with Crippen molar-refractivity contribution >= 4 is 11.8 Å². The number of piperazine rings is 1. The van der Waals surface area contributed by atoms with Crippen molar-refractivity contribution in [3.05, 3.63) is 41.7 Å². The molecule has 0 N–H and O–H groups in total. The highest BCUT2D eigenvalue weighted by Gasteiger charge is 2.35. The largest absolute Gasteiger partial charge is 0.497 e. The summed E-state index contributed by atoms with van der Waals surface area (Å²) in [6, 6.07) is 7.14. The van der Waals surface area contributed by atoms with Crippen LogP contribution >= 0.6 is 0 Å². The minimum atomic E-state index is -0.494. The van der Waals surface area contributed by atoms with Gasteiger partial charge in [-0.15, -0.1) is 5.10 Å². The second kappa shape index (κ2) is 8.41. The molecule has 1 saturated heterocycles. The minimum Gasteiger partial charge on any atom is -0.497 e. The van der Waals surface area contributed by atoms with Gasteiger partial charge in [0.15, 0.2) is 5.69 Å². The Morgan fingerprint density at radius 1 is 1.25 bits per heavy atom. The van der Waals surface area contributed by atoms with Crippen LogP contribution in [0.15, 0.2) is 30.5 Å². The van der Waals surface area contributed by atoms with Crippen LogP contribution in [-0.4, -0.2) is 69.4 Å². The smallest absolute Gasteiger partial charge is 0.276 e. The van der Waals surface area contributed by atoms with Gasteiger partial charge in [-0.2, -0.15) is 0 Å². The Balaban J connectivity index is 1.65. The summed E-state index contributed by atoms with van der Waals surface area (Å²) in [4.78, 5) is 28.9. The van der Waals surface area contributed by atoms with Gasteiger partial charge in [0.1, 0.15) is 11.8 Å². The lowest BCUT2D eigenvalue weighted by Crippen LogP contribution is -2.58. The lowest BCUT2D eigenvalue weighted by Gasteiger charge is -2.39. The molecule has 1 fully saturated rings. The van der Waals surface area contributed by atoms with Crippen molar-refractivity contribution < 1.29 is 14.3 Å². The summed E-state index contributed by atoms with van der Waals surface area (Å²) >= 11 is 0. The molecule has 8 heteroatoms. The first-order valence-corrected chi connectivity index (χ1v) is 9.52. The van der Waals surface area contributed by atoms with Crippen LogP contribution in [0, 0.1) is 5.92 Å². The first-order chi connectivity index (χ1) is 13.4. The molecular formula is C20H27N5O3. The van der Waals surface area contributed by atoms with E-state index in [-0.39, 0.29) is 17.5 Å². The zero-order chi connectivity index (χ0) is 20.3. The molecule has 0 saturated carbocycles. The van der Waals surface area contributed by atoms with Gasteiger partial charge in [0.25, 0.3) is 5.91 Å². The van der Waals surface area contributed by atoms with Gasteiger partial charge < -0.3 is 14.5 Å². The third kappa shape index (κ3) is 4.32. The van der Waals surface area contributed by atoms with E-state index in [2.05, 4.69) is 24.2 Å². The number of hydrogen-bond acceptors (Lipinski definition) is 5. The van der Waals surface area contributed by atoms with E-state index in [0.29, 0.717) is 32.1 Å². The molecule has 0 radical (unpaired) electrons. The molecule has 2 aromatic rings. The number of rotatable bonds is 6.